The Balaban J connectivity index is 1.74. The lowest BCUT2D eigenvalue weighted by Crippen LogP contribution is -2.48. The van der Waals surface area contributed by atoms with Crippen LogP contribution in [0.2, 0.25) is 0 Å². The van der Waals surface area contributed by atoms with Gasteiger partial charge in [-0.05, 0) is 46.7 Å². The number of rotatable bonds is 14. The van der Waals surface area contributed by atoms with E-state index in [2.05, 4.69) is 36.0 Å². The van der Waals surface area contributed by atoms with Crippen LogP contribution in [0, 0.1) is 0 Å². The molecule has 3 rings (SSSR count). The van der Waals surface area contributed by atoms with Crippen molar-refractivity contribution < 1.29 is 32.3 Å². The van der Waals surface area contributed by atoms with Crippen LogP contribution in [0.4, 0.5) is 5.69 Å². The maximum Gasteiger partial charge on any atom is 0.320 e. The van der Waals surface area contributed by atoms with Crippen molar-refractivity contribution in [1.82, 2.24) is 35.0 Å². The Morgan fingerprint density at radius 2 is 1.75 bits per heavy atom. The highest BCUT2D eigenvalue weighted by Crippen LogP contribution is 2.28. The van der Waals surface area contributed by atoms with Crippen LogP contribution in [0.1, 0.15) is 68.1 Å². The fourth-order valence-corrected chi connectivity index (χ4v) is 5.89. The minimum absolute atomic E-state index is 0.0121. The average Bonchev–Trinajstić information content (AvgIpc) is 3.41. The second-order valence-corrected chi connectivity index (χ2v) is 13.0. The molecule has 2 amide bonds. The highest BCUT2D eigenvalue weighted by atomic mass is 32.2. The number of carbonyl (C=O) groups excluding carboxylic acids is 3. The number of aryl methyl sites for hydroxylation is 1. The van der Waals surface area contributed by atoms with Gasteiger partial charge in [0.05, 0.1) is 24.9 Å². The second kappa shape index (κ2) is 15.4. The number of nitrogens with one attached hydrogen (secondary N) is 4. The number of aromatic amines is 1. The molecule has 1 saturated heterocycles. The molecule has 0 bridgehead atoms. The summed E-state index contributed by atoms with van der Waals surface area (Å²) < 4.78 is 39.0. The molecule has 1 fully saturated rings. The first-order valence-corrected chi connectivity index (χ1v) is 16.2. The normalized spacial score (nSPS) is 14.7. The molecule has 0 aliphatic carbocycles. The average molecular weight is 637 g/mol. The Morgan fingerprint density at radius 3 is 2.36 bits per heavy atom. The van der Waals surface area contributed by atoms with Crippen LogP contribution in [0.15, 0.2) is 17.2 Å². The zero-order chi connectivity index (χ0) is 32.5. The van der Waals surface area contributed by atoms with Crippen molar-refractivity contribution in [3.05, 3.63) is 29.2 Å². The first-order chi connectivity index (χ1) is 20.8. The molecular weight excluding hydrogens is 592 g/mol. The molecule has 0 aromatic carbocycles. The smallest absolute Gasteiger partial charge is 0.320 e. The molecule has 2 aromatic heterocycles. The lowest BCUT2D eigenvalue weighted by Gasteiger charge is -2.33. The van der Waals surface area contributed by atoms with Crippen LogP contribution < -0.4 is 20.7 Å². The Hall–Kier alpha value is -3.60. The van der Waals surface area contributed by atoms with Crippen molar-refractivity contribution in [1.29, 1.82) is 0 Å². The van der Waals surface area contributed by atoms with E-state index in [0.717, 1.165) is 6.54 Å². The van der Waals surface area contributed by atoms with Crippen molar-refractivity contribution in [2.24, 2.45) is 0 Å². The Bertz CT molecular complexity index is 1410. The number of hydrogen-bond acceptors (Lipinski definition) is 11. The summed E-state index contributed by atoms with van der Waals surface area (Å²) in [4.78, 5) is 44.7. The van der Waals surface area contributed by atoms with E-state index < -0.39 is 33.4 Å². The molecular formula is C28H44N8O7S. The maximum atomic E-state index is 13.6. The van der Waals surface area contributed by atoms with Gasteiger partial charge in [-0.3, -0.25) is 19.5 Å². The third kappa shape index (κ3) is 9.20. The van der Waals surface area contributed by atoms with Crippen LogP contribution in [0.5, 0.6) is 5.88 Å². The molecule has 0 atom stereocenters. The molecule has 0 spiro atoms. The standard InChI is InChI=1S/C28H44N8O7S/c1-7-20-23(24(34-33-20)26(39)30-11-10-29-18-22(37)43-28(4,5)6)25(38)32-21-16-19(17-31-27(21)42-9-3)44(40,41)36-14-12-35(8-2)13-15-36/h16-17,29H,7-15,18H2,1-6H3,(H,30,39)(H,32,38)(H,33,34). The predicted octanol–water partition coefficient (Wildman–Crippen LogP) is 1.01. The number of carbonyl (C=O) groups is 3. The number of pyridine rings is 1. The zero-order valence-electron chi connectivity index (χ0n) is 26.3. The van der Waals surface area contributed by atoms with Gasteiger partial charge < -0.3 is 30.3 Å². The van der Waals surface area contributed by atoms with Gasteiger partial charge in [-0.25, -0.2) is 13.4 Å². The van der Waals surface area contributed by atoms with E-state index in [-0.39, 0.29) is 54.0 Å². The van der Waals surface area contributed by atoms with Gasteiger partial charge in [0.25, 0.3) is 11.8 Å². The number of H-pyrrole nitrogens is 1. The van der Waals surface area contributed by atoms with Crippen LogP contribution in [-0.2, 0) is 26.0 Å². The van der Waals surface area contributed by atoms with Crippen LogP contribution in [-0.4, -0.2) is 115 Å². The number of amides is 2. The quantitative estimate of drug-likeness (QED) is 0.171. The maximum absolute atomic E-state index is 13.6. The van der Waals surface area contributed by atoms with Crippen molar-refractivity contribution in [3.8, 4) is 5.88 Å². The molecule has 4 N–H and O–H groups in total. The monoisotopic (exact) mass is 636 g/mol. The van der Waals surface area contributed by atoms with Gasteiger partial charge in [0.2, 0.25) is 15.9 Å². The highest BCUT2D eigenvalue weighted by Gasteiger charge is 2.30. The number of likely N-dealkylation sites (N-methyl/N-ethyl adjacent to an activating group) is 1. The van der Waals surface area contributed by atoms with Gasteiger partial charge in [0.15, 0.2) is 5.69 Å². The highest BCUT2D eigenvalue weighted by molar-refractivity contribution is 7.89. The van der Waals surface area contributed by atoms with E-state index in [1.807, 2.05) is 6.92 Å². The van der Waals surface area contributed by atoms with Gasteiger partial charge in [-0.15, -0.1) is 0 Å². The van der Waals surface area contributed by atoms with E-state index >= 15 is 0 Å². The SMILES string of the molecule is CCOc1ncc(S(=O)(=O)N2CCN(CC)CC2)cc1NC(=O)c1c(C(=O)NCCNCC(=O)OC(C)(C)C)n[nH]c1CC. The number of sulfonamides is 1. The first-order valence-electron chi connectivity index (χ1n) is 14.7. The van der Waals surface area contributed by atoms with Gasteiger partial charge >= 0.3 is 5.97 Å². The summed E-state index contributed by atoms with van der Waals surface area (Å²) in [6, 6.07) is 1.32. The molecule has 0 radical (unpaired) electrons. The molecule has 1 aliphatic heterocycles. The fourth-order valence-electron chi connectivity index (χ4n) is 4.49. The van der Waals surface area contributed by atoms with Gasteiger partial charge in [0.1, 0.15) is 16.2 Å². The summed E-state index contributed by atoms with van der Waals surface area (Å²) in [6.07, 6.45) is 1.59. The van der Waals surface area contributed by atoms with Gasteiger partial charge in [-0.1, -0.05) is 13.8 Å². The van der Waals surface area contributed by atoms with Crippen molar-refractivity contribution in [3.63, 3.8) is 0 Å². The Labute approximate surface area is 258 Å². The second-order valence-electron chi connectivity index (χ2n) is 11.0. The number of hydrogen-bond donors (Lipinski definition) is 4. The van der Waals surface area contributed by atoms with Crippen molar-refractivity contribution >= 4 is 33.5 Å². The topological polar surface area (TPSA) is 188 Å². The molecule has 1 aliphatic rings. The number of aromatic nitrogens is 3. The molecule has 44 heavy (non-hydrogen) atoms. The van der Waals surface area contributed by atoms with Gasteiger partial charge in [-0.2, -0.15) is 9.40 Å². The number of ether oxygens (including phenoxy) is 2. The molecule has 15 nitrogen and oxygen atoms in total. The lowest BCUT2D eigenvalue weighted by atomic mass is 10.1. The lowest BCUT2D eigenvalue weighted by molar-refractivity contribution is -0.153. The molecule has 2 aromatic rings. The number of nitrogens with zero attached hydrogens (tertiary/aromatic N) is 4. The molecule has 0 saturated carbocycles. The third-order valence-electron chi connectivity index (χ3n) is 6.69. The van der Waals surface area contributed by atoms with Crippen molar-refractivity contribution in [2.75, 3.05) is 64.3 Å². The summed E-state index contributed by atoms with van der Waals surface area (Å²) in [5.74, 6) is -1.66. The van der Waals surface area contributed by atoms with Crippen molar-refractivity contribution in [2.45, 2.75) is 58.5 Å². The molecule has 244 valence electrons. The van der Waals surface area contributed by atoms with E-state index in [0.29, 0.717) is 38.3 Å². The van der Waals surface area contributed by atoms with Gasteiger partial charge in [0, 0.05) is 45.0 Å². The first kappa shape index (κ1) is 34.9. The Kier molecular flexibility index (Phi) is 12.2. The van der Waals surface area contributed by atoms with E-state index in [4.69, 9.17) is 9.47 Å². The van der Waals surface area contributed by atoms with E-state index in [1.165, 1.54) is 16.6 Å². The predicted molar refractivity (Wildman–Crippen MR) is 163 cm³/mol. The number of piperazine rings is 1. The van der Waals surface area contributed by atoms with E-state index in [9.17, 15) is 22.8 Å². The minimum atomic E-state index is -3.88. The minimum Gasteiger partial charge on any atom is -0.476 e. The summed E-state index contributed by atoms with van der Waals surface area (Å²) in [6.45, 7) is 14.3. The summed E-state index contributed by atoms with van der Waals surface area (Å²) in [5, 5.41) is 15.1. The Morgan fingerprint density at radius 1 is 1.05 bits per heavy atom. The molecule has 0 unspecified atom stereocenters. The van der Waals surface area contributed by atoms with Crippen LogP contribution in [0.3, 0.4) is 0 Å². The zero-order valence-corrected chi connectivity index (χ0v) is 27.1. The summed E-state index contributed by atoms with van der Waals surface area (Å²) >= 11 is 0. The molecule has 3 heterocycles. The number of anilines is 1. The summed E-state index contributed by atoms with van der Waals surface area (Å²) in [7, 11) is -3.88. The summed E-state index contributed by atoms with van der Waals surface area (Å²) in [5.41, 5.74) is -0.251. The van der Waals surface area contributed by atoms with E-state index in [1.54, 1.807) is 34.6 Å². The largest absolute Gasteiger partial charge is 0.476 e. The van der Waals surface area contributed by atoms with Crippen LogP contribution >= 0.6 is 0 Å². The fraction of sp³-hybridized carbons (Fsp3) is 0.607. The third-order valence-corrected chi connectivity index (χ3v) is 8.55. The number of esters is 1. The molecule has 16 heteroatoms. The van der Waals surface area contributed by atoms with Crippen LogP contribution in [0.25, 0.3) is 0 Å².